The first-order valence-corrected chi connectivity index (χ1v) is 5.72. The van der Waals surface area contributed by atoms with Crippen LogP contribution in [0.25, 0.3) is 5.69 Å². The number of hydrogen-bond donors (Lipinski definition) is 1. The Bertz CT molecular complexity index is 693. The number of aliphatic hydroxyl groups is 1. The molecule has 0 saturated heterocycles. The van der Waals surface area contributed by atoms with Gasteiger partial charge >= 0.3 is 6.18 Å². The fourth-order valence-corrected chi connectivity index (χ4v) is 1.83. The highest BCUT2D eigenvalue weighted by molar-refractivity contribution is 5.43. The molecular formula is C13H11F3N2O2. The molecule has 106 valence electrons. The molecule has 0 aliphatic heterocycles. The summed E-state index contributed by atoms with van der Waals surface area (Å²) in [6.07, 6.45) is -4.53. The Balaban J connectivity index is 2.72. The Labute approximate surface area is 112 Å². The first kappa shape index (κ1) is 14.3. The number of aryl methyl sites for hydroxylation is 1. The maximum atomic E-state index is 13.0. The molecule has 0 spiro atoms. The molecule has 1 heterocycles. The number of nitrogens with zero attached hydrogens (tertiary/aromatic N) is 2. The van der Waals surface area contributed by atoms with Crippen LogP contribution in [0.1, 0.15) is 17.0 Å². The summed E-state index contributed by atoms with van der Waals surface area (Å²) in [5.41, 5.74) is -1.50. The molecule has 2 rings (SSSR count). The highest BCUT2D eigenvalue weighted by Crippen LogP contribution is 2.33. The van der Waals surface area contributed by atoms with Crippen LogP contribution in [0.5, 0.6) is 0 Å². The maximum Gasteiger partial charge on any atom is 0.418 e. The largest absolute Gasteiger partial charge is 0.418 e. The zero-order valence-corrected chi connectivity index (χ0v) is 10.5. The van der Waals surface area contributed by atoms with Gasteiger partial charge in [0.15, 0.2) is 0 Å². The molecule has 0 aliphatic rings. The first-order chi connectivity index (χ1) is 9.34. The van der Waals surface area contributed by atoms with E-state index in [9.17, 15) is 18.0 Å². The minimum Gasteiger partial charge on any atom is -0.390 e. The Kier molecular flexibility index (Phi) is 3.63. The lowest BCUT2D eigenvalue weighted by Gasteiger charge is -2.16. The minimum atomic E-state index is -4.53. The van der Waals surface area contributed by atoms with E-state index in [1.807, 2.05) is 0 Å². The van der Waals surface area contributed by atoms with Gasteiger partial charge in [-0.3, -0.25) is 4.79 Å². The van der Waals surface area contributed by atoms with Crippen LogP contribution in [0, 0.1) is 6.92 Å². The quantitative estimate of drug-likeness (QED) is 0.918. The van der Waals surface area contributed by atoms with Crippen molar-refractivity contribution >= 4 is 0 Å². The molecule has 20 heavy (non-hydrogen) atoms. The molecule has 0 unspecified atom stereocenters. The van der Waals surface area contributed by atoms with Crippen molar-refractivity contribution in [1.29, 1.82) is 0 Å². The molecule has 0 fully saturated rings. The van der Waals surface area contributed by atoms with Crippen LogP contribution in [0.3, 0.4) is 0 Å². The lowest BCUT2D eigenvalue weighted by Crippen LogP contribution is -2.21. The lowest BCUT2D eigenvalue weighted by atomic mass is 10.1. The van der Waals surface area contributed by atoms with Crippen LogP contribution in [0.4, 0.5) is 13.2 Å². The second-order valence-electron chi connectivity index (χ2n) is 4.18. The molecule has 7 heteroatoms. The maximum absolute atomic E-state index is 13.0. The summed E-state index contributed by atoms with van der Waals surface area (Å²) >= 11 is 0. The second-order valence-corrected chi connectivity index (χ2v) is 4.18. The smallest absolute Gasteiger partial charge is 0.390 e. The van der Waals surface area contributed by atoms with E-state index in [0.717, 1.165) is 16.8 Å². The zero-order valence-electron chi connectivity index (χ0n) is 10.5. The molecule has 1 aromatic carbocycles. The number of hydrogen-bond acceptors (Lipinski definition) is 3. The number of benzene rings is 1. The number of para-hydroxylation sites is 1. The van der Waals surface area contributed by atoms with Gasteiger partial charge < -0.3 is 5.11 Å². The zero-order chi connectivity index (χ0) is 14.9. The lowest BCUT2D eigenvalue weighted by molar-refractivity contribution is -0.137. The summed E-state index contributed by atoms with van der Waals surface area (Å²) in [5, 5.41) is 12.8. The summed E-state index contributed by atoms with van der Waals surface area (Å²) in [4.78, 5) is 11.5. The summed E-state index contributed by atoms with van der Waals surface area (Å²) in [7, 11) is 0. The van der Waals surface area contributed by atoms with Crippen LogP contribution in [-0.4, -0.2) is 14.9 Å². The van der Waals surface area contributed by atoms with E-state index in [4.69, 9.17) is 5.11 Å². The molecule has 0 amide bonds. The van der Waals surface area contributed by atoms with E-state index in [2.05, 4.69) is 5.10 Å². The molecule has 0 atom stereocenters. The van der Waals surface area contributed by atoms with Crippen molar-refractivity contribution in [3.63, 3.8) is 0 Å². The van der Waals surface area contributed by atoms with Gasteiger partial charge in [-0.15, -0.1) is 0 Å². The van der Waals surface area contributed by atoms with Crippen molar-refractivity contribution in [3.05, 3.63) is 57.5 Å². The fourth-order valence-electron chi connectivity index (χ4n) is 1.83. The van der Waals surface area contributed by atoms with Crippen molar-refractivity contribution in [1.82, 2.24) is 9.78 Å². The molecular weight excluding hydrogens is 273 g/mol. The normalized spacial score (nSPS) is 11.7. The molecule has 0 bridgehead atoms. The molecule has 2 aromatic rings. The van der Waals surface area contributed by atoms with Crippen LogP contribution in [0.15, 0.2) is 35.1 Å². The van der Waals surface area contributed by atoms with Crippen molar-refractivity contribution in [3.8, 4) is 5.69 Å². The van der Waals surface area contributed by atoms with E-state index >= 15 is 0 Å². The van der Waals surface area contributed by atoms with Gasteiger partial charge in [-0.25, -0.2) is 4.68 Å². The molecule has 1 aromatic heterocycles. The van der Waals surface area contributed by atoms with Gasteiger partial charge in [-0.1, -0.05) is 12.1 Å². The standard InChI is InChI=1S/C13H11F3N2O2/c1-8-6-12(20)10(7-19)17-18(8)11-5-3-2-4-9(11)13(14,15)16/h2-6,19H,7H2,1H3. The number of rotatable bonds is 2. The van der Waals surface area contributed by atoms with Gasteiger partial charge in [0, 0.05) is 11.8 Å². The van der Waals surface area contributed by atoms with E-state index in [1.54, 1.807) is 0 Å². The van der Waals surface area contributed by atoms with Gasteiger partial charge in [0.1, 0.15) is 5.69 Å². The third-order valence-corrected chi connectivity index (χ3v) is 2.77. The summed E-state index contributed by atoms with van der Waals surface area (Å²) in [6.45, 7) is 0.843. The third-order valence-electron chi connectivity index (χ3n) is 2.77. The van der Waals surface area contributed by atoms with E-state index in [1.165, 1.54) is 25.1 Å². The minimum absolute atomic E-state index is 0.188. The molecule has 0 aliphatic carbocycles. The SMILES string of the molecule is Cc1cc(=O)c(CO)nn1-c1ccccc1C(F)(F)F. The fraction of sp³-hybridized carbons (Fsp3) is 0.231. The van der Waals surface area contributed by atoms with Crippen molar-refractivity contribution < 1.29 is 18.3 Å². The van der Waals surface area contributed by atoms with E-state index in [0.29, 0.717) is 0 Å². The Morgan fingerprint density at radius 2 is 1.95 bits per heavy atom. The topological polar surface area (TPSA) is 55.1 Å². The Morgan fingerprint density at radius 3 is 2.55 bits per heavy atom. The molecule has 1 N–H and O–H groups in total. The molecule has 0 saturated carbocycles. The molecule has 0 radical (unpaired) electrons. The van der Waals surface area contributed by atoms with Gasteiger partial charge in [-0.05, 0) is 19.1 Å². The monoisotopic (exact) mass is 284 g/mol. The number of aromatic nitrogens is 2. The van der Waals surface area contributed by atoms with Gasteiger partial charge in [0.05, 0.1) is 17.9 Å². The van der Waals surface area contributed by atoms with Crippen LogP contribution >= 0.6 is 0 Å². The average Bonchev–Trinajstić information content (AvgIpc) is 2.38. The molecule has 4 nitrogen and oxygen atoms in total. The Hall–Kier alpha value is -2.15. The van der Waals surface area contributed by atoms with Crippen molar-refractivity contribution in [2.75, 3.05) is 0 Å². The highest BCUT2D eigenvalue weighted by atomic mass is 19.4. The van der Waals surface area contributed by atoms with Crippen LogP contribution in [0.2, 0.25) is 0 Å². The summed E-state index contributed by atoms with van der Waals surface area (Å²) < 4.78 is 39.9. The first-order valence-electron chi connectivity index (χ1n) is 5.72. The summed E-state index contributed by atoms with van der Waals surface area (Å²) in [5.74, 6) is 0. The van der Waals surface area contributed by atoms with Crippen LogP contribution in [-0.2, 0) is 12.8 Å². The number of halogens is 3. The van der Waals surface area contributed by atoms with Crippen LogP contribution < -0.4 is 5.43 Å². The van der Waals surface area contributed by atoms with Gasteiger partial charge in [0.2, 0.25) is 5.43 Å². The average molecular weight is 284 g/mol. The third kappa shape index (κ3) is 2.57. The van der Waals surface area contributed by atoms with E-state index in [-0.39, 0.29) is 17.1 Å². The second kappa shape index (κ2) is 5.09. The number of aliphatic hydroxyl groups excluding tert-OH is 1. The predicted octanol–water partition coefficient (Wildman–Crippen LogP) is 2.05. The summed E-state index contributed by atoms with van der Waals surface area (Å²) in [6, 6.07) is 6.06. The van der Waals surface area contributed by atoms with Gasteiger partial charge in [-0.2, -0.15) is 18.3 Å². The van der Waals surface area contributed by atoms with E-state index < -0.39 is 23.8 Å². The highest BCUT2D eigenvalue weighted by Gasteiger charge is 2.34. The van der Waals surface area contributed by atoms with Crippen molar-refractivity contribution in [2.45, 2.75) is 19.7 Å². The van der Waals surface area contributed by atoms with Crippen molar-refractivity contribution in [2.24, 2.45) is 0 Å². The predicted molar refractivity (Wildman–Crippen MR) is 65.5 cm³/mol. The number of alkyl halides is 3. The van der Waals surface area contributed by atoms with Gasteiger partial charge in [0.25, 0.3) is 0 Å². The Morgan fingerprint density at radius 1 is 1.30 bits per heavy atom.